The first-order valence-electron chi connectivity index (χ1n) is 11.5. The molecule has 3 aromatic rings. The van der Waals surface area contributed by atoms with Gasteiger partial charge in [0.15, 0.2) is 0 Å². The molecule has 10 heteroatoms. The van der Waals surface area contributed by atoms with E-state index in [-0.39, 0.29) is 5.95 Å². The fraction of sp³-hybridized carbons (Fsp3) is 0.360. The minimum absolute atomic E-state index is 0.138. The Balaban J connectivity index is 1.43. The predicted molar refractivity (Wildman–Crippen MR) is 125 cm³/mol. The Hall–Kier alpha value is -3.69. The van der Waals surface area contributed by atoms with Gasteiger partial charge in [-0.05, 0) is 79.8 Å². The van der Waals surface area contributed by atoms with Crippen LogP contribution in [0, 0.1) is 18.8 Å². The van der Waals surface area contributed by atoms with Gasteiger partial charge in [0.2, 0.25) is 5.95 Å². The molecule has 2 amide bonds. The number of anilines is 2. The highest BCUT2D eigenvalue weighted by Crippen LogP contribution is 2.57. The van der Waals surface area contributed by atoms with E-state index < -0.39 is 23.4 Å². The average Bonchev–Trinajstić information content (AvgIpc) is 3.69. The summed E-state index contributed by atoms with van der Waals surface area (Å²) in [5.41, 5.74) is 7.96. The van der Waals surface area contributed by atoms with Crippen molar-refractivity contribution in [1.29, 1.82) is 0 Å². The Bertz CT molecular complexity index is 1240. The number of hydrogen-bond acceptors (Lipinski definition) is 5. The smallest absolute Gasteiger partial charge is 0.352 e. The van der Waals surface area contributed by atoms with Crippen molar-refractivity contribution in [2.24, 2.45) is 17.6 Å². The maximum Gasteiger partial charge on any atom is 0.433 e. The summed E-state index contributed by atoms with van der Waals surface area (Å²) in [4.78, 5) is 24.1. The number of nitrogens with two attached hydrogens (primary N) is 1. The van der Waals surface area contributed by atoms with Gasteiger partial charge in [0.1, 0.15) is 5.69 Å². The highest BCUT2D eigenvalue weighted by molar-refractivity contribution is 5.74. The number of aryl methyl sites for hydroxylation is 1. The highest BCUT2D eigenvalue weighted by Gasteiger charge is 2.57. The number of alkyl halides is 3. The Morgan fingerprint density at radius 2 is 1.69 bits per heavy atom. The van der Waals surface area contributed by atoms with Crippen molar-refractivity contribution in [3.05, 3.63) is 65.7 Å². The number of rotatable bonds is 7. The summed E-state index contributed by atoms with van der Waals surface area (Å²) < 4.78 is 39.0. The Morgan fingerprint density at radius 3 is 2.26 bits per heavy atom. The van der Waals surface area contributed by atoms with Gasteiger partial charge in [-0.15, -0.1) is 0 Å². The molecule has 182 valence electrons. The van der Waals surface area contributed by atoms with Gasteiger partial charge in [-0.2, -0.15) is 13.2 Å². The van der Waals surface area contributed by atoms with Gasteiger partial charge < -0.3 is 16.4 Å². The van der Waals surface area contributed by atoms with E-state index in [1.165, 1.54) is 0 Å². The predicted octanol–water partition coefficient (Wildman–Crippen LogP) is 5.29. The lowest BCUT2D eigenvalue weighted by molar-refractivity contribution is -0.141. The lowest BCUT2D eigenvalue weighted by atomic mass is 9.83. The summed E-state index contributed by atoms with van der Waals surface area (Å²) in [5, 5.41) is 5.89. The van der Waals surface area contributed by atoms with Crippen molar-refractivity contribution < 1.29 is 18.0 Å². The Kier molecular flexibility index (Phi) is 5.61. The molecule has 35 heavy (non-hydrogen) atoms. The van der Waals surface area contributed by atoms with Gasteiger partial charge >= 0.3 is 12.2 Å². The van der Waals surface area contributed by atoms with Crippen LogP contribution in [0.3, 0.4) is 0 Å². The van der Waals surface area contributed by atoms with Crippen LogP contribution in [0.2, 0.25) is 0 Å². The molecule has 0 unspecified atom stereocenters. The number of hydrogen-bond donors (Lipinski definition) is 3. The third kappa shape index (κ3) is 4.78. The van der Waals surface area contributed by atoms with Crippen LogP contribution >= 0.6 is 0 Å². The number of aromatic nitrogens is 3. The molecule has 7 nitrogen and oxygen atoms in total. The molecule has 0 saturated heterocycles. The van der Waals surface area contributed by atoms with E-state index in [2.05, 4.69) is 20.6 Å². The number of urea groups is 1. The third-order valence-corrected chi connectivity index (χ3v) is 6.57. The standard InChI is InChI=1S/C25H25F3N6O/c1-14-10-16(12-19(11-14)32-23-30-9-8-21(33-23)25(26,27)28)15-2-7-20(31-13-15)24(17-3-4-17,18-5-6-18)34-22(29)35/h2,7-13,17-18H,3-6H2,1H3,(H3,29,34,35)(H,30,32,33). The first-order chi connectivity index (χ1) is 16.6. The van der Waals surface area contributed by atoms with Gasteiger partial charge in [-0.25, -0.2) is 14.8 Å². The molecular weight excluding hydrogens is 457 g/mol. The van der Waals surface area contributed by atoms with E-state index in [9.17, 15) is 18.0 Å². The molecule has 0 atom stereocenters. The molecule has 2 aliphatic carbocycles. The lowest BCUT2D eigenvalue weighted by Gasteiger charge is -2.34. The third-order valence-electron chi connectivity index (χ3n) is 6.57. The van der Waals surface area contributed by atoms with E-state index in [0.29, 0.717) is 17.5 Å². The largest absolute Gasteiger partial charge is 0.433 e. The molecule has 2 fully saturated rings. The molecular formula is C25H25F3N6O. The second-order valence-corrected chi connectivity index (χ2v) is 9.31. The van der Waals surface area contributed by atoms with Crippen LogP contribution in [0.25, 0.3) is 11.1 Å². The summed E-state index contributed by atoms with van der Waals surface area (Å²) in [6.45, 7) is 1.89. The SMILES string of the molecule is Cc1cc(Nc2nccc(C(F)(F)F)n2)cc(-c2ccc(C(NC(N)=O)(C3CC3)C3CC3)nc2)c1. The molecule has 4 N–H and O–H groups in total. The first-order valence-corrected chi connectivity index (χ1v) is 11.5. The fourth-order valence-corrected chi connectivity index (χ4v) is 4.84. The average molecular weight is 483 g/mol. The quantitative estimate of drug-likeness (QED) is 0.424. The van der Waals surface area contributed by atoms with Crippen LogP contribution < -0.4 is 16.4 Å². The maximum absolute atomic E-state index is 13.0. The van der Waals surface area contributed by atoms with Gasteiger partial charge in [-0.1, -0.05) is 12.1 Å². The van der Waals surface area contributed by atoms with Crippen LogP contribution in [-0.2, 0) is 11.7 Å². The van der Waals surface area contributed by atoms with Crippen molar-refractivity contribution in [2.45, 2.75) is 44.3 Å². The number of pyridine rings is 1. The normalized spacial score (nSPS) is 16.1. The Morgan fingerprint density at radius 1 is 0.971 bits per heavy atom. The number of amides is 2. The first kappa shape index (κ1) is 23.1. The second-order valence-electron chi connectivity index (χ2n) is 9.31. The number of nitrogens with one attached hydrogen (secondary N) is 2. The number of halogens is 3. The molecule has 0 bridgehead atoms. The molecule has 2 aromatic heterocycles. The monoisotopic (exact) mass is 482 g/mol. The number of primary amides is 1. The van der Waals surface area contributed by atoms with Crippen molar-refractivity contribution in [2.75, 3.05) is 5.32 Å². The summed E-state index contributed by atoms with van der Waals surface area (Å²) in [6.07, 6.45) is 2.41. The fourth-order valence-electron chi connectivity index (χ4n) is 4.84. The van der Waals surface area contributed by atoms with Crippen LogP contribution in [0.1, 0.15) is 42.6 Å². The summed E-state index contributed by atoms with van der Waals surface area (Å²) >= 11 is 0. The zero-order valence-corrected chi connectivity index (χ0v) is 19.1. The van der Waals surface area contributed by atoms with Crippen molar-refractivity contribution in [3.63, 3.8) is 0 Å². The second kappa shape index (κ2) is 8.51. The van der Waals surface area contributed by atoms with E-state index in [4.69, 9.17) is 10.7 Å². The molecule has 0 radical (unpaired) electrons. The summed E-state index contributed by atoms with van der Waals surface area (Å²) in [6, 6.07) is 9.75. The molecule has 2 saturated carbocycles. The number of carbonyl (C=O) groups excluding carboxylic acids is 1. The van der Waals surface area contributed by atoms with E-state index in [1.54, 1.807) is 12.3 Å². The van der Waals surface area contributed by atoms with Crippen LogP contribution in [-0.4, -0.2) is 21.0 Å². The molecule has 0 aliphatic heterocycles. The molecule has 2 aliphatic rings. The zero-order valence-electron chi connectivity index (χ0n) is 19.1. The maximum atomic E-state index is 13.0. The van der Waals surface area contributed by atoms with Gasteiger partial charge in [0.05, 0.1) is 11.2 Å². The van der Waals surface area contributed by atoms with Crippen LogP contribution in [0.15, 0.2) is 48.8 Å². The topological polar surface area (TPSA) is 106 Å². The van der Waals surface area contributed by atoms with Gasteiger partial charge in [-0.3, -0.25) is 4.98 Å². The van der Waals surface area contributed by atoms with Crippen molar-refractivity contribution in [3.8, 4) is 11.1 Å². The minimum Gasteiger partial charge on any atom is -0.352 e. The summed E-state index contributed by atoms with van der Waals surface area (Å²) in [5.74, 6) is 0.534. The van der Waals surface area contributed by atoms with E-state index >= 15 is 0 Å². The molecule has 1 aromatic carbocycles. The summed E-state index contributed by atoms with van der Waals surface area (Å²) in [7, 11) is 0. The number of nitrogens with zero attached hydrogens (tertiary/aromatic N) is 3. The van der Waals surface area contributed by atoms with E-state index in [0.717, 1.165) is 60.3 Å². The molecule has 0 spiro atoms. The number of benzene rings is 1. The van der Waals surface area contributed by atoms with E-state index in [1.807, 2.05) is 31.2 Å². The van der Waals surface area contributed by atoms with Gasteiger partial charge in [0.25, 0.3) is 0 Å². The van der Waals surface area contributed by atoms with Gasteiger partial charge in [0, 0.05) is 23.6 Å². The highest BCUT2D eigenvalue weighted by atomic mass is 19.4. The molecule has 2 heterocycles. The van der Waals surface area contributed by atoms with Crippen LogP contribution in [0.5, 0.6) is 0 Å². The molecule has 5 rings (SSSR count). The van der Waals surface area contributed by atoms with Crippen molar-refractivity contribution in [1.82, 2.24) is 20.3 Å². The van der Waals surface area contributed by atoms with Crippen LogP contribution in [0.4, 0.5) is 29.6 Å². The minimum atomic E-state index is -4.55. The number of carbonyl (C=O) groups is 1. The Labute approximate surface area is 200 Å². The lowest BCUT2D eigenvalue weighted by Crippen LogP contribution is -2.52. The van der Waals surface area contributed by atoms with Crippen molar-refractivity contribution >= 4 is 17.7 Å². The zero-order chi connectivity index (χ0) is 24.8.